The van der Waals surface area contributed by atoms with Gasteiger partial charge in [-0.05, 0) is 61.7 Å². The standard InChI is InChI=1S/C19H21NO4/c1-2-23-19(22)14-20-16-7-11-18(12-8-16)24-13-3-4-15-5-9-17(21)10-6-15/h5-12,14,21H,2-4,13H2,1H3. The molecule has 0 heterocycles. The Morgan fingerprint density at radius 2 is 1.83 bits per heavy atom. The van der Waals surface area contributed by atoms with Gasteiger partial charge in [0, 0.05) is 0 Å². The van der Waals surface area contributed by atoms with Crippen molar-refractivity contribution in [2.75, 3.05) is 13.2 Å². The number of aliphatic imine (C=N–C) groups is 1. The molecule has 2 aromatic rings. The van der Waals surface area contributed by atoms with Crippen LogP contribution in [0.25, 0.3) is 0 Å². The molecular weight excluding hydrogens is 306 g/mol. The van der Waals surface area contributed by atoms with Crippen molar-refractivity contribution in [1.82, 2.24) is 0 Å². The summed E-state index contributed by atoms with van der Waals surface area (Å²) in [5.74, 6) is 0.587. The molecule has 5 nitrogen and oxygen atoms in total. The molecule has 5 heteroatoms. The number of hydrogen-bond donors (Lipinski definition) is 1. The summed E-state index contributed by atoms with van der Waals surface area (Å²) in [6.45, 7) is 2.69. The molecule has 0 aliphatic rings. The molecule has 126 valence electrons. The maximum Gasteiger partial charge on any atom is 0.349 e. The first kappa shape index (κ1) is 17.5. The predicted molar refractivity (Wildman–Crippen MR) is 93.1 cm³/mol. The normalized spacial score (nSPS) is 10.7. The highest BCUT2D eigenvalue weighted by Gasteiger charge is 1.98. The van der Waals surface area contributed by atoms with E-state index in [2.05, 4.69) is 4.99 Å². The zero-order valence-electron chi connectivity index (χ0n) is 13.6. The average molecular weight is 327 g/mol. The van der Waals surface area contributed by atoms with Crippen molar-refractivity contribution in [3.05, 3.63) is 54.1 Å². The van der Waals surface area contributed by atoms with Gasteiger partial charge in [-0.15, -0.1) is 0 Å². The first-order valence-corrected chi connectivity index (χ1v) is 7.89. The SMILES string of the molecule is CCOC(=O)C=Nc1ccc(OCCCc2ccc(O)cc2)cc1. The van der Waals surface area contributed by atoms with Crippen molar-refractivity contribution in [1.29, 1.82) is 0 Å². The number of rotatable bonds is 8. The summed E-state index contributed by atoms with van der Waals surface area (Å²) in [4.78, 5) is 15.2. The van der Waals surface area contributed by atoms with Gasteiger partial charge in [-0.25, -0.2) is 9.79 Å². The Morgan fingerprint density at radius 3 is 2.50 bits per heavy atom. The lowest BCUT2D eigenvalue weighted by atomic mass is 10.1. The van der Waals surface area contributed by atoms with Crippen LogP contribution in [-0.4, -0.2) is 30.5 Å². The lowest BCUT2D eigenvalue weighted by molar-refractivity contribution is -0.134. The molecule has 0 amide bonds. The molecule has 0 saturated heterocycles. The number of ether oxygens (including phenoxy) is 2. The number of aryl methyl sites for hydroxylation is 1. The van der Waals surface area contributed by atoms with Gasteiger partial charge in [0.2, 0.25) is 0 Å². The molecule has 0 fully saturated rings. The van der Waals surface area contributed by atoms with Crippen molar-refractivity contribution >= 4 is 17.9 Å². The van der Waals surface area contributed by atoms with E-state index in [0.717, 1.165) is 24.8 Å². The Balaban J connectivity index is 1.73. The fourth-order valence-electron chi connectivity index (χ4n) is 2.06. The van der Waals surface area contributed by atoms with Gasteiger partial charge in [0.05, 0.1) is 18.9 Å². The Morgan fingerprint density at radius 1 is 1.12 bits per heavy atom. The quantitative estimate of drug-likeness (QED) is 0.456. The zero-order valence-corrected chi connectivity index (χ0v) is 13.6. The van der Waals surface area contributed by atoms with Crippen LogP contribution in [0.4, 0.5) is 5.69 Å². The van der Waals surface area contributed by atoms with Crippen molar-refractivity contribution < 1.29 is 19.4 Å². The van der Waals surface area contributed by atoms with E-state index >= 15 is 0 Å². The molecule has 24 heavy (non-hydrogen) atoms. The molecule has 2 rings (SSSR count). The van der Waals surface area contributed by atoms with Gasteiger partial charge < -0.3 is 14.6 Å². The number of phenolic OH excluding ortho intramolecular Hbond substituents is 1. The number of carbonyl (C=O) groups is 1. The lowest BCUT2D eigenvalue weighted by Crippen LogP contribution is -2.04. The highest BCUT2D eigenvalue weighted by atomic mass is 16.5. The Kier molecular flexibility index (Phi) is 6.83. The van der Waals surface area contributed by atoms with Gasteiger partial charge in [-0.2, -0.15) is 0 Å². The number of hydrogen-bond acceptors (Lipinski definition) is 5. The number of aromatic hydroxyl groups is 1. The number of benzene rings is 2. The summed E-state index contributed by atoms with van der Waals surface area (Å²) in [6.07, 6.45) is 2.94. The van der Waals surface area contributed by atoms with Crippen molar-refractivity contribution in [2.45, 2.75) is 19.8 Å². The van der Waals surface area contributed by atoms with Gasteiger partial charge in [0.25, 0.3) is 0 Å². The van der Waals surface area contributed by atoms with Crippen molar-refractivity contribution in [2.24, 2.45) is 4.99 Å². The maximum atomic E-state index is 11.2. The van der Waals surface area contributed by atoms with Gasteiger partial charge in [-0.1, -0.05) is 12.1 Å². The molecule has 0 radical (unpaired) electrons. The van der Waals surface area contributed by atoms with E-state index in [0.29, 0.717) is 18.9 Å². The van der Waals surface area contributed by atoms with Crippen LogP contribution in [0.3, 0.4) is 0 Å². The molecule has 2 aromatic carbocycles. The summed E-state index contributed by atoms with van der Waals surface area (Å²) < 4.78 is 10.4. The van der Waals surface area contributed by atoms with E-state index in [1.807, 2.05) is 24.3 Å². The van der Waals surface area contributed by atoms with Gasteiger partial charge in [0.15, 0.2) is 0 Å². The Labute approximate surface area is 141 Å². The minimum atomic E-state index is -0.452. The van der Waals surface area contributed by atoms with Crippen LogP contribution < -0.4 is 4.74 Å². The second kappa shape index (κ2) is 9.35. The van der Waals surface area contributed by atoms with Crippen LogP contribution in [0.5, 0.6) is 11.5 Å². The van der Waals surface area contributed by atoms with Crippen LogP contribution in [0.15, 0.2) is 53.5 Å². The number of carbonyl (C=O) groups excluding carboxylic acids is 1. The van der Waals surface area contributed by atoms with E-state index in [1.165, 1.54) is 5.56 Å². The molecule has 1 N–H and O–H groups in total. The minimum absolute atomic E-state index is 0.278. The molecule has 0 saturated carbocycles. The Hall–Kier alpha value is -2.82. The number of esters is 1. The minimum Gasteiger partial charge on any atom is -0.508 e. The molecule has 0 aromatic heterocycles. The van der Waals surface area contributed by atoms with Crippen LogP contribution in [0.1, 0.15) is 18.9 Å². The van der Waals surface area contributed by atoms with Gasteiger partial charge in [-0.3, -0.25) is 0 Å². The number of nitrogens with zero attached hydrogens (tertiary/aromatic N) is 1. The fourth-order valence-corrected chi connectivity index (χ4v) is 2.06. The third-order valence-corrected chi connectivity index (χ3v) is 3.26. The van der Waals surface area contributed by atoms with Crippen molar-refractivity contribution in [3.63, 3.8) is 0 Å². The first-order valence-electron chi connectivity index (χ1n) is 7.89. The van der Waals surface area contributed by atoms with E-state index < -0.39 is 5.97 Å². The summed E-state index contributed by atoms with van der Waals surface area (Å²) >= 11 is 0. The molecular formula is C19H21NO4. The fraction of sp³-hybridized carbons (Fsp3) is 0.263. The second-order valence-electron chi connectivity index (χ2n) is 5.12. The summed E-state index contributed by atoms with van der Waals surface area (Å²) in [5, 5.41) is 9.23. The lowest BCUT2D eigenvalue weighted by Gasteiger charge is -2.06. The van der Waals surface area contributed by atoms with Crippen LogP contribution in [-0.2, 0) is 16.0 Å². The Bertz CT molecular complexity index is 663. The van der Waals surface area contributed by atoms with E-state index in [4.69, 9.17) is 9.47 Å². The second-order valence-corrected chi connectivity index (χ2v) is 5.12. The first-order chi connectivity index (χ1) is 11.7. The summed E-state index contributed by atoms with van der Waals surface area (Å²) in [7, 11) is 0. The van der Waals surface area contributed by atoms with E-state index in [-0.39, 0.29) is 5.75 Å². The highest BCUT2D eigenvalue weighted by Crippen LogP contribution is 2.18. The summed E-state index contributed by atoms with van der Waals surface area (Å²) in [5.41, 5.74) is 1.83. The van der Waals surface area contributed by atoms with Crippen LogP contribution >= 0.6 is 0 Å². The third-order valence-electron chi connectivity index (χ3n) is 3.26. The molecule has 0 unspecified atom stereocenters. The van der Waals surface area contributed by atoms with Gasteiger partial charge in [0.1, 0.15) is 17.7 Å². The smallest absolute Gasteiger partial charge is 0.349 e. The van der Waals surface area contributed by atoms with Crippen LogP contribution in [0, 0.1) is 0 Å². The van der Waals surface area contributed by atoms with Crippen molar-refractivity contribution in [3.8, 4) is 11.5 Å². The topological polar surface area (TPSA) is 68.1 Å². The molecule has 0 aliphatic heterocycles. The monoisotopic (exact) mass is 327 g/mol. The number of phenols is 1. The van der Waals surface area contributed by atoms with E-state index in [9.17, 15) is 9.90 Å². The zero-order chi connectivity index (χ0) is 17.2. The highest BCUT2D eigenvalue weighted by molar-refractivity contribution is 6.23. The third kappa shape index (κ3) is 6.12. The average Bonchev–Trinajstić information content (AvgIpc) is 2.60. The molecule has 0 bridgehead atoms. The van der Waals surface area contributed by atoms with Gasteiger partial charge >= 0.3 is 5.97 Å². The molecule has 0 aliphatic carbocycles. The molecule has 0 spiro atoms. The largest absolute Gasteiger partial charge is 0.508 e. The maximum absolute atomic E-state index is 11.2. The van der Waals surface area contributed by atoms with E-state index in [1.54, 1.807) is 31.2 Å². The predicted octanol–water partition coefficient (Wildman–Crippen LogP) is 3.67. The molecule has 0 atom stereocenters. The summed E-state index contributed by atoms with van der Waals surface area (Å²) in [6, 6.07) is 14.4. The van der Waals surface area contributed by atoms with Crippen LogP contribution in [0.2, 0.25) is 0 Å².